The summed E-state index contributed by atoms with van der Waals surface area (Å²) in [7, 11) is 0. The molecular formula is C18H14N2OS. The number of nitrogens with zero attached hydrogens (tertiary/aromatic N) is 2. The second-order valence-corrected chi connectivity index (χ2v) is 6.46. The first kappa shape index (κ1) is 13.4. The lowest BCUT2D eigenvalue weighted by molar-refractivity contribution is 0.488. The highest BCUT2D eigenvalue weighted by Crippen LogP contribution is 2.49. The minimum Gasteiger partial charge on any atom is -0.454 e. The molecule has 108 valence electrons. The molecule has 4 heteroatoms. The van der Waals surface area contributed by atoms with Gasteiger partial charge in [0, 0.05) is 11.1 Å². The smallest absolute Gasteiger partial charge is 0.203 e. The van der Waals surface area contributed by atoms with Crippen molar-refractivity contribution in [3.8, 4) is 6.07 Å². The van der Waals surface area contributed by atoms with Crippen molar-refractivity contribution in [2.75, 3.05) is 0 Å². The van der Waals surface area contributed by atoms with Crippen molar-refractivity contribution in [1.82, 2.24) is 0 Å². The van der Waals surface area contributed by atoms with Crippen LogP contribution in [0.1, 0.15) is 42.1 Å². The summed E-state index contributed by atoms with van der Waals surface area (Å²) >= 11 is 5.72. The molecule has 2 heterocycles. The van der Waals surface area contributed by atoms with Crippen LogP contribution in [0.15, 0.2) is 46.0 Å². The average molecular weight is 306 g/mol. The number of thiocarbonyl (C=S) groups is 1. The normalized spacial score (nSPS) is 26.1. The molecule has 0 radical (unpaired) electrons. The molecule has 4 rings (SSSR count). The number of hydrogen-bond acceptors (Lipinski definition) is 4. The Morgan fingerprint density at radius 3 is 3.05 bits per heavy atom. The molecule has 2 atom stereocenters. The van der Waals surface area contributed by atoms with Gasteiger partial charge in [0.1, 0.15) is 6.07 Å². The molecule has 0 bridgehead atoms. The van der Waals surface area contributed by atoms with E-state index in [0.717, 1.165) is 35.4 Å². The highest BCUT2D eigenvalue weighted by atomic mass is 32.1. The molecule has 2 aromatic rings. The average Bonchev–Trinajstić information content (AvgIpc) is 3.17. The second kappa shape index (κ2) is 4.89. The molecule has 2 aliphatic rings. The van der Waals surface area contributed by atoms with Crippen LogP contribution in [0, 0.1) is 11.3 Å². The van der Waals surface area contributed by atoms with E-state index >= 15 is 0 Å². The van der Waals surface area contributed by atoms with Crippen molar-refractivity contribution in [1.29, 1.82) is 5.26 Å². The SMILES string of the molecule is N#Cc1cc(C2CCC(=S)C3(C=Nc4ccccc43)C2)co1. The molecule has 1 saturated carbocycles. The number of para-hydroxylation sites is 1. The summed E-state index contributed by atoms with van der Waals surface area (Å²) in [6.45, 7) is 0. The number of furan rings is 1. The molecule has 1 fully saturated rings. The summed E-state index contributed by atoms with van der Waals surface area (Å²) in [5.74, 6) is 0.716. The summed E-state index contributed by atoms with van der Waals surface area (Å²) < 4.78 is 5.29. The van der Waals surface area contributed by atoms with Crippen LogP contribution in [0.3, 0.4) is 0 Å². The van der Waals surface area contributed by atoms with E-state index < -0.39 is 0 Å². The molecule has 1 aromatic heterocycles. The Labute approximate surface area is 134 Å². The molecule has 1 aliphatic carbocycles. The number of aliphatic imine (C=N–C) groups is 1. The van der Waals surface area contributed by atoms with Crippen LogP contribution in [0.25, 0.3) is 0 Å². The van der Waals surface area contributed by atoms with Gasteiger partial charge in [-0.25, -0.2) is 0 Å². The number of nitriles is 1. The van der Waals surface area contributed by atoms with Crippen LogP contribution in [0.4, 0.5) is 5.69 Å². The molecule has 2 unspecified atom stereocenters. The van der Waals surface area contributed by atoms with Gasteiger partial charge in [-0.1, -0.05) is 30.4 Å². The van der Waals surface area contributed by atoms with Gasteiger partial charge in [-0.2, -0.15) is 5.26 Å². The van der Waals surface area contributed by atoms with Crippen molar-refractivity contribution in [3.63, 3.8) is 0 Å². The fourth-order valence-electron chi connectivity index (χ4n) is 3.64. The first-order valence-electron chi connectivity index (χ1n) is 7.39. The molecule has 1 aromatic carbocycles. The maximum atomic E-state index is 8.94. The molecule has 0 saturated heterocycles. The minimum absolute atomic E-state index is 0.237. The lowest BCUT2D eigenvalue weighted by Gasteiger charge is -2.37. The highest BCUT2D eigenvalue weighted by molar-refractivity contribution is 7.80. The van der Waals surface area contributed by atoms with Crippen LogP contribution in [0.2, 0.25) is 0 Å². The van der Waals surface area contributed by atoms with E-state index in [4.69, 9.17) is 21.9 Å². The largest absolute Gasteiger partial charge is 0.454 e. The predicted octanol–water partition coefficient (Wildman–Crippen LogP) is 4.44. The summed E-state index contributed by atoms with van der Waals surface area (Å²) in [6.07, 6.45) is 6.53. The van der Waals surface area contributed by atoms with Crippen molar-refractivity contribution in [3.05, 3.63) is 53.5 Å². The zero-order valence-electron chi connectivity index (χ0n) is 12.0. The quantitative estimate of drug-likeness (QED) is 0.732. The van der Waals surface area contributed by atoms with Gasteiger partial charge in [-0.05, 0) is 48.4 Å². The lowest BCUT2D eigenvalue weighted by Crippen LogP contribution is -2.39. The van der Waals surface area contributed by atoms with Crippen LogP contribution in [0.5, 0.6) is 0 Å². The lowest BCUT2D eigenvalue weighted by atomic mass is 9.66. The second-order valence-electron chi connectivity index (χ2n) is 5.97. The van der Waals surface area contributed by atoms with Crippen LogP contribution in [-0.4, -0.2) is 11.1 Å². The molecule has 0 N–H and O–H groups in total. The van der Waals surface area contributed by atoms with Gasteiger partial charge in [0.15, 0.2) is 0 Å². The van der Waals surface area contributed by atoms with E-state index in [1.54, 1.807) is 6.26 Å². The fraction of sp³-hybridized carbons (Fsp3) is 0.278. The number of rotatable bonds is 1. The van der Waals surface area contributed by atoms with Gasteiger partial charge in [-0.3, -0.25) is 4.99 Å². The summed E-state index contributed by atoms with van der Waals surface area (Å²) in [5.41, 5.74) is 3.10. The fourth-order valence-corrected chi connectivity index (χ4v) is 4.00. The Morgan fingerprint density at radius 2 is 2.23 bits per heavy atom. The molecule has 1 spiro atoms. The van der Waals surface area contributed by atoms with E-state index in [0.29, 0.717) is 11.7 Å². The first-order valence-corrected chi connectivity index (χ1v) is 7.80. The topological polar surface area (TPSA) is 49.3 Å². The molecular weight excluding hydrogens is 292 g/mol. The third-order valence-corrected chi connectivity index (χ3v) is 5.36. The van der Waals surface area contributed by atoms with Crippen molar-refractivity contribution in [2.45, 2.75) is 30.6 Å². The van der Waals surface area contributed by atoms with E-state index in [9.17, 15) is 0 Å². The Kier molecular flexibility index (Phi) is 2.98. The van der Waals surface area contributed by atoms with Crippen LogP contribution < -0.4 is 0 Å². The van der Waals surface area contributed by atoms with Crippen molar-refractivity contribution in [2.24, 2.45) is 4.99 Å². The number of benzene rings is 1. The van der Waals surface area contributed by atoms with Gasteiger partial charge >= 0.3 is 0 Å². The van der Waals surface area contributed by atoms with Crippen molar-refractivity contribution < 1.29 is 4.42 Å². The number of hydrogen-bond donors (Lipinski definition) is 0. The molecule has 1 aliphatic heterocycles. The summed E-state index contributed by atoms with van der Waals surface area (Å²) in [6, 6.07) is 12.1. The third-order valence-electron chi connectivity index (χ3n) is 4.80. The molecule has 3 nitrogen and oxygen atoms in total. The van der Waals surface area contributed by atoms with Crippen LogP contribution >= 0.6 is 12.2 Å². The van der Waals surface area contributed by atoms with E-state index in [1.807, 2.05) is 30.5 Å². The Balaban J connectivity index is 1.73. The van der Waals surface area contributed by atoms with Crippen molar-refractivity contribution >= 4 is 29.0 Å². The van der Waals surface area contributed by atoms with Gasteiger partial charge in [0.05, 0.1) is 17.4 Å². The van der Waals surface area contributed by atoms with E-state index in [2.05, 4.69) is 17.1 Å². The summed E-state index contributed by atoms with van der Waals surface area (Å²) in [4.78, 5) is 5.66. The monoisotopic (exact) mass is 306 g/mol. The van der Waals surface area contributed by atoms with Crippen LogP contribution in [-0.2, 0) is 5.41 Å². The van der Waals surface area contributed by atoms with E-state index in [1.165, 1.54) is 5.56 Å². The first-order chi connectivity index (χ1) is 10.7. The Hall–Kier alpha value is -2.25. The third kappa shape index (κ3) is 1.86. The maximum Gasteiger partial charge on any atom is 0.203 e. The maximum absolute atomic E-state index is 8.94. The zero-order chi connectivity index (χ0) is 15.2. The zero-order valence-corrected chi connectivity index (χ0v) is 12.8. The Morgan fingerprint density at radius 1 is 1.36 bits per heavy atom. The van der Waals surface area contributed by atoms with Gasteiger partial charge in [0.25, 0.3) is 0 Å². The molecule has 22 heavy (non-hydrogen) atoms. The van der Waals surface area contributed by atoms with Gasteiger partial charge in [-0.15, -0.1) is 0 Å². The minimum atomic E-state index is -0.237. The number of fused-ring (bicyclic) bond motifs is 2. The molecule has 0 amide bonds. The van der Waals surface area contributed by atoms with Gasteiger partial charge in [0.2, 0.25) is 5.76 Å². The standard InChI is InChI=1S/C18H14N2OS/c19-9-14-7-13(10-21-14)12-5-6-17(22)18(8-12)11-20-16-4-2-1-3-15(16)18/h1-4,7,10-12H,5-6,8H2. The van der Waals surface area contributed by atoms with E-state index in [-0.39, 0.29) is 5.41 Å². The predicted molar refractivity (Wildman–Crippen MR) is 88.9 cm³/mol. The highest BCUT2D eigenvalue weighted by Gasteiger charge is 2.45. The van der Waals surface area contributed by atoms with Gasteiger partial charge < -0.3 is 4.42 Å². The Bertz CT molecular complexity index is 830. The summed E-state index contributed by atoms with van der Waals surface area (Å²) in [5, 5.41) is 8.94.